The number of allylic oxidation sites excluding steroid dienone is 1. The lowest BCUT2D eigenvalue weighted by Gasteiger charge is -2.12. The Hall–Kier alpha value is -2.46. The van der Waals surface area contributed by atoms with Crippen LogP contribution in [0, 0.1) is 6.92 Å². The van der Waals surface area contributed by atoms with E-state index in [4.69, 9.17) is 0 Å². The molecule has 0 unspecified atom stereocenters. The number of anilines is 2. The maximum absolute atomic E-state index is 11.6. The van der Waals surface area contributed by atoms with Crippen molar-refractivity contribution in [3.63, 3.8) is 0 Å². The molecule has 0 heterocycles. The fourth-order valence-corrected chi connectivity index (χ4v) is 3.12. The Morgan fingerprint density at radius 3 is 2.50 bits per heavy atom. The molecular weight excluding hydrogens is 340 g/mol. The number of thioether (sulfide) groups is 1. The van der Waals surface area contributed by atoms with E-state index in [1.165, 1.54) is 5.69 Å². The lowest BCUT2D eigenvalue weighted by molar-refractivity contribution is -0.115. The van der Waals surface area contributed by atoms with E-state index in [0.29, 0.717) is 6.42 Å². The average molecular weight is 367 g/mol. The summed E-state index contributed by atoms with van der Waals surface area (Å²) >= 11 is 1.61. The van der Waals surface area contributed by atoms with Gasteiger partial charge in [0.1, 0.15) is 0 Å². The molecule has 0 saturated heterocycles. The van der Waals surface area contributed by atoms with Gasteiger partial charge in [-0.1, -0.05) is 49.5 Å². The molecule has 136 valence electrons. The lowest BCUT2D eigenvalue weighted by atomic mass is 10.2. The van der Waals surface area contributed by atoms with Crippen molar-refractivity contribution >= 4 is 35.1 Å². The Labute approximate surface area is 160 Å². The van der Waals surface area contributed by atoms with Gasteiger partial charge in [0.05, 0.1) is 0 Å². The Kier molecular flexibility index (Phi) is 7.10. The number of aryl methyl sites for hydroxylation is 1. The standard InChI is InChI=1S/C22H26N2OS/c1-6-22(25)23-19-12-7-16(2)21(15-19)26-17(3)8-9-18-10-13-20(14-11-18)24(4)5/h7-15H,3,6H2,1-2,4-5H3,(H,23,25)/b9-8+. The summed E-state index contributed by atoms with van der Waals surface area (Å²) in [5, 5.41) is 2.90. The first kappa shape index (κ1) is 19.9. The van der Waals surface area contributed by atoms with Crippen molar-refractivity contribution in [2.45, 2.75) is 25.2 Å². The molecule has 0 atom stereocenters. The predicted molar refractivity (Wildman–Crippen MR) is 115 cm³/mol. The van der Waals surface area contributed by atoms with Gasteiger partial charge in [-0.25, -0.2) is 0 Å². The second kappa shape index (κ2) is 9.30. The zero-order chi connectivity index (χ0) is 19.1. The molecule has 0 fully saturated rings. The Morgan fingerprint density at radius 1 is 1.19 bits per heavy atom. The van der Waals surface area contributed by atoms with E-state index in [1.54, 1.807) is 11.8 Å². The SMILES string of the molecule is C=C(/C=C/c1ccc(N(C)C)cc1)Sc1cc(NC(=O)CC)ccc1C. The number of hydrogen-bond donors (Lipinski definition) is 1. The van der Waals surface area contributed by atoms with Gasteiger partial charge in [-0.15, -0.1) is 0 Å². The average Bonchev–Trinajstić information content (AvgIpc) is 2.63. The van der Waals surface area contributed by atoms with Gasteiger partial charge in [-0.2, -0.15) is 0 Å². The highest BCUT2D eigenvalue weighted by Gasteiger charge is 2.05. The highest BCUT2D eigenvalue weighted by Crippen LogP contribution is 2.31. The number of nitrogens with zero attached hydrogens (tertiary/aromatic N) is 1. The molecule has 0 aliphatic carbocycles. The Morgan fingerprint density at radius 2 is 1.88 bits per heavy atom. The minimum Gasteiger partial charge on any atom is -0.378 e. The first-order chi connectivity index (χ1) is 12.4. The summed E-state index contributed by atoms with van der Waals surface area (Å²) in [6.07, 6.45) is 4.55. The first-order valence-corrected chi connectivity index (χ1v) is 9.43. The van der Waals surface area contributed by atoms with Gasteiger partial charge in [-0.3, -0.25) is 4.79 Å². The third-order valence-corrected chi connectivity index (χ3v) is 4.96. The predicted octanol–water partition coefficient (Wildman–Crippen LogP) is 5.73. The molecule has 4 heteroatoms. The number of benzene rings is 2. The van der Waals surface area contributed by atoms with Gasteiger partial charge in [0.15, 0.2) is 0 Å². The summed E-state index contributed by atoms with van der Waals surface area (Å²) in [5.74, 6) is 0.0182. The van der Waals surface area contributed by atoms with Crippen LogP contribution in [0.15, 0.2) is 64.9 Å². The van der Waals surface area contributed by atoms with Crippen molar-refractivity contribution < 1.29 is 4.79 Å². The van der Waals surface area contributed by atoms with E-state index in [9.17, 15) is 4.79 Å². The molecular formula is C22H26N2OS. The molecule has 2 rings (SSSR count). The molecule has 2 aromatic carbocycles. The monoisotopic (exact) mass is 366 g/mol. The van der Waals surface area contributed by atoms with Crippen molar-refractivity contribution in [1.29, 1.82) is 0 Å². The third-order valence-electron chi connectivity index (χ3n) is 3.91. The van der Waals surface area contributed by atoms with E-state index in [-0.39, 0.29) is 5.91 Å². The highest BCUT2D eigenvalue weighted by atomic mass is 32.2. The second-order valence-corrected chi connectivity index (χ2v) is 7.44. The minimum atomic E-state index is 0.0182. The molecule has 0 bridgehead atoms. The summed E-state index contributed by atoms with van der Waals surface area (Å²) in [4.78, 5) is 15.7. The van der Waals surface area contributed by atoms with Crippen LogP contribution < -0.4 is 10.2 Å². The van der Waals surface area contributed by atoms with Crippen molar-refractivity contribution in [3.05, 3.63) is 71.2 Å². The smallest absolute Gasteiger partial charge is 0.224 e. The minimum absolute atomic E-state index is 0.0182. The van der Waals surface area contributed by atoms with Crippen molar-refractivity contribution in [2.75, 3.05) is 24.3 Å². The lowest BCUT2D eigenvalue weighted by Crippen LogP contribution is -2.09. The van der Waals surface area contributed by atoms with Gasteiger partial charge in [-0.05, 0) is 48.4 Å². The van der Waals surface area contributed by atoms with Gasteiger partial charge in [0, 0.05) is 41.7 Å². The molecule has 0 spiro atoms. The van der Waals surface area contributed by atoms with E-state index >= 15 is 0 Å². The van der Waals surface area contributed by atoms with Crippen LogP contribution in [0.25, 0.3) is 6.08 Å². The largest absolute Gasteiger partial charge is 0.378 e. The maximum atomic E-state index is 11.6. The van der Waals surface area contributed by atoms with Crippen LogP contribution in [-0.2, 0) is 4.79 Å². The molecule has 2 aromatic rings. The summed E-state index contributed by atoms with van der Waals surface area (Å²) in [7, 11) is 4.06. The van der Waals surface area contributed by atoms with Crippen LogP contribution in [0.1, 0.15) is 24.5 Å². The fraction of sp³-hybridized carbons (Fsp3) is 0.227. The zero-order valence-electron chi connectivity index (χ0n) is 15.9. The number of rotatable bonds is 7. The molecule has 1 N–H and O–H groups in total. The molecule has 26 heavy (non-hydrogen) atoms. The number of carbonyl (C=O) groups excluding carboxylic acids is 1. The molecule has 0 aliphatic heterocycles. The number of amides is 1. The second-order valence-electron chi connectivity index (χ2n) is 6.27. The van der Waals surface area contributed by atoms with Gasteiger partial charge < -0.3 is 10.2 Å². The van der Waals surface area contributed by atoms with Crippen molar-refractivity contribution in [2.24, 2.45) is 0 Å². The summed E-state index contributed by atoms with van der Waals surface area (Å²) in [5.41, 5.74) is 4.30. The van der Waals surface area contributed by atoms with Crippen LogP contribution in [0.3, 0.4) is 0 Å². The molecule has 1 amide bonds. The van der Waals surface area contributed by atoms with Crippen LogP contribution in [0.2, 0.25) is 0 Å². The molecule has 0 aliphatic rings. The molecule has 0 radical (unpaired) electrons. The third kappa shape index (κ3) is 5.81. The van der Waals surface area contributed by atoms with Gasteiger partial charge in [0.25, 0.3) is 0 Å². The van der Waals surface area contributed by atoms with E-state index in [2.05, 4.69) is 54.1 Å². The van der Waals surface area contributed by atoms with Crippen LogP contribution in [0.4, 0.5) is 11.4 Å². The van der Waals surface area contributed by atoms with Crippen molar-refractivity contribution in [1.82, 2.24) is 0 Å². The highest BCUT2D eigenvalue weighted by molar-refractivity contribution is 8.03. The van der Waals surface area contributed by atoms with Gasteiger partial charge >= 0.3 is 0 Å². The fourth-order valence-electron chi connectivity index (χ4n) is 2.29. The summed E-state index contributed by atoms with van der Waals surface area (Å²) < 4.78 is 0. The zero-order valence-corrected chi connectivity index (χ0v) is 16.7. The number of nitrogens with one attached hydrogen (secondary N) is 1. The van der Waals surface area contributed by atoms with Crippen LogP contribution in [-0.4, -0.2) is 20.0 Å². The normalized spacial score (nSPS) is 10.8. The maximum Gasteiger partial charge on any atom is 0.224 e. The quantitative estimate of drug-likeness (QED) is 0.502. The number of carbonyl (C=O) groups is 1. The topological polar surface area (TPSA) is 32.3 Å². The van der Waals surface area contributed by atoms with E-state index < -0.39 is 0 Å². The van der Waals surface area contributed by atoms with E-state index in [0.717, 1.165) is 26.6 Å². The van der Waals surface area contributed by atoms with Crippen LogP contribution in [0.5, 0.6) is 0 Å². The summed E-state index contributed by atoms with van der Waals surface area (Å²) in [6.45, 7) is 8.04. The Balaban J connectivity index is 2.04. The van der Waals surface area contributed by atoms with Crippen molar-refractivity contribution in [3.8, 4) is 0 Å². The summed E-state index contributed by atoms with van der Waals surface area (Å²) in [6, 6.07) is 14.3. The Bertz CT molecular complexity index is 807. The number of hydrogen-bond acceptors (Lipinski definition) is 3. The molecule has 0 aromatic heterocycles. The van der Waals surface area contributed by atoms with Crippen LogP contribution >= 0.6 is 11.8 Å². The van der Waals surface area contributed by atoms with E-state index in [1.807, 2.05) is 45.3 Å². The molecule has 0 saturated carbocycles. The molecule has 3 nitrogen and oxygen atoms in total. The van der Waals surface area contributed by atoms with Gasteiger partial charge in [0.2, 0.25) is 5.91 Å². The first-order valence-electron chi connectivity index (χ1n) is 8.61.